The van der Waals surface area contributed by atoms with Crippen LogP contribution in [0.15, 0.2) is 53.3 Å². The summed E-state index contributed by atoms with van der Waals surface area (Å²) in [5.74, 6) is 0.759. The quantitative estimate of drug-likeness (QED) is 0.331. The number of nitrogens with zero attached hydrogens (tertiary/aromatic N) is 1. The van der Waals surface area contributed by atoms with Crippen molar-refractivity contribution in [1.29, 1.82) is 0 Å². The number of benzene rings is 2. The number of fused-ring (bicyclic) bond motifs is 2. The molecule has 1 aromatic heterocycles. The van der Waals surface area contributed by atoms with Crippen molar-refractivity contribution in [1.82, 2.24) is 4.98 Å². The molecule has 5 nitrogen and oxygen atoms in total. The molecule has 0 bridgehead atoms. The van der Waals surface area contributed by atoms with Gasteiger partial charge in [-0.3, -0.25) is 4.79 Å². The highest BCUT2D eigenvalue weighted by molar-refractivity contribution is 9.10. The number of carbonyl (C=O) groups excluding carboxylic acids is 1. The molecular weight excluding hydrogens is 477 g/mol. The molecule has 1 aliphatic carbocycles. The highest BCUT2D eigenvalue weighted by Gasteiger charge is 2.32. The van der Waals surface area contributed by atoms with Crippen LogP contribution in [0.25, 0.3) is 11.1 Å². The average Bonchev–Trinajstić information content (AvgIpc) is 3.39. The van der Waals surface area contributed by atoms with Gasteiger partial charge in [0, 0.05) is 34.9 Å². The summed E-state index contributed by atoms with van der Waals surface area (Å²) in [6.45, 7) is 0.429. The lowest BCUT2D eigenvalue weighted by atomic mass is 9.97. The molecule has 0 spiro atoms. The van der Waals surface area contributed by atoms with Gasteiger partial charge in [-0.05, 0) is 58.1 Å². The summed E-state index contributed by atoms with van der Waals surface area (Å²) in [6.07, 6.45) is 3.01. The maximum atomic E-state index is 14.9. The van der Waals surface area contributed by atoms with E-state index in [0.717, 1.165) is 33.3 Å². The number of esters is 1. The Morgan fingerprint density at radius 2 is 2.12 bits per heavy atom. The molecule has 5 rings (SSSR count). The highest BCUT2D eigenvalue weighted by Crippen LogP contribution is 2.44. The Hall–Kier alpha value is -2.93. The smallest absolute Gasteiger partial charge is 0.306 e. The van der Waals surface area contributed by atoms with Gasteiger partial charge in [-0.1, -0.05) is 18.2 Å². The van der Waals surface area contributed by atoms with Gasteiger partial charge in [0.25, 0.3) is 0 Å². The summed E-state index contributed by atoms with van der Waals surface area (Å²) in [5, 5.41) is 0. The second kappa shape index (κ2) is 8.54. The van der Waals surface area contributed by atoms with Gasteiger partial charge in [-0.2, -0.15) is 0 Å². The van der Waals surface area contributed by atoms with E-state index in [1.807, 2.05) is 36.4 Å². The Balaban J connectivity index is 1.41. The molecule has 7 heteroatoms. The number of hydrogen-bond donors (Lipinski definition) is 0. The van der Waals surface area contributed by atoms with Gasteiger partial charge in [-0.15, -0.1) is 0 Å². The largest absolute Gasteiger partial charge is 0.492 e. The minimum Gasteiger partial charge on any atom is -0.492 e. The van der Waals surface area contributed by atoms with Crippen LogP contribution in [0.5, 0.6) is 11.5 Å². The molecule has 0 amide bonds. The monoisotopic (exact) mass is 497 g/mol. The molecule has 32 heavy (non-hydrogen) atoms. The van der Waals surface area contributed by atoms with Crippen LogP contribution in [0, 0.1) is 5.82 Å². The van der Waals surface area contributed by atoms with Gasteiger partial charge in [0.15, 0.2) is 0 Å². The first-order chi connectivity index (χ1) is 15.5. The molecule has 2 aliphatic rings. The lowest BCUT2D eigenvalue weighted by Gasteiger charge is -2.17. The molecule has 0 N–H and O–H groups in total. The van der Waals surface area contributed by atoms with Crippen molar-refractivity contribution in [3.63, 3.8) is 0 Å². The second-order valence-electron chi connectivity index (χ2n) is 7.96. The lowest BCUT2D eigenvalue weighted by Crippen LogP contribution is -2.09. The normalized spacial score (nSPS) is 18.6. The molecular formula is C25H21BrFNO4. The number of halogens is 2. The van der Waals surface area contributed by atoms with E-state index in [9.17, 15) is 9.18 Å². The first-order valence-electron chi connectivity index (χ1n) is 10.5. The van der Waals surface area contributed by atoms with Gasteiger partial charge in [0.2, 0.25) is 0 Å². The summed E-state index contributed by atoms with van der Waals surface area (Å²) in [7, 11) is 1.38. The predicted molar refractivity (Wildman–Crippen MR) is 120 cm³/mol. The third-order valence-electron chi connectivity index (χ3n) is 6.12. The summed E-state index contributed by atoms with van der Waals surface area (Å²) >= 11 is 3.50. The van der Waals surface area contributed by atoms with Crippen LogP contribution in [0.2, 0.25) is 0 Å². The zero-order chi connectivity index (χ0) is 22.2. The topological polar surface area (TPSA) is 57.7 Å². The maximum Gasteiger partial charge on any atom is 0.306 e. The fourth-order valence-electron chi connectivity index (χ4n) is 4.58. The van der Waals surface area contributed by atoms with E-state index in [4.69, 9.17) is 14.2 Å². The molecule has 2 heterocycles. The SMILES string of the molecule is COC(=O)CC1COc2cc(O[C@@H]3CCc4c(-c5cccnc5Br)ccc(F)c43)ccc21. The van der Waals surface area contributed by atoms with E-state index in [1.54, 1.807) is 6.20 Å². The summed E-state index contributed by atoms with van der Waals surface area (Å²) in [6, 6.07) is 12.7. The summed E-state index contributed by atoms with van der Waals surface area (Å²) in [5.41, 5.74) is 4.43. The molecule has 1 aliphatic heterocycles. The fraction of sp³-hybridized carbons (Fsp3) is 0.280. The van der Waals surface area contributed by atoms with Crippen LogP contribution in [-0.4, -0.2) is 24.7 Å². The van der Waals surface area contributed by atoms with Crippen molar-refractivity contribution in [2.24, 2.45) is 0 Å². The van der Waals surface area contributed by atoms with Gasteiger partial charge >= 0.3 is 5.97 Å². The third-order valence-corrected chi connectivity index (χ3v) is 6.75. The van der Waals surface area contributed by atoms with E-state index >= 15 is 0 Å². The maximum absolute atomic E-state index is 14.9. The molecule has 2 aromatic carbocycles. The van der Waals surface area contributed by atoms with Crippen LogP contribution >= 0.6 is 15.9 Å². The Bertz CT molecular complexity index is 1200. The molecule has 164 valence electrons. The van der Waals surface area contributed by atoms with Crippen molar-refractivity contribution in [3.05, 3.63) is 75.8 Å². The van der Waals surface area contributed by atoms with Crippen molar-refractivity contribution in [2.75, 3.05) is 13.7 Å². The van der Waals surface area contributed by atoms with Crippen molar-refractivity contribution in [3.8, 4) is 22.6 Å². The van der Waals surface area contributed by atoms with E-state index < -0.39 is 0 Å². The number of rotatable bonds is 5. The van der Waals surface area contributed by atoms with Crippen molar-refractivity contribution < 1.29 is 23.4 Å². The summed E-state index contributed by atoms with van der Waals surface area (Å²) in [4.78, 5) is 15.9. The van der Waals surface area contributed by atoms with Gasteiger partial charge in [0.1, 0.15) is 28.0 Å². The fourth-order valence-corrected chi connectivity index (χ4v) is 5.04. The minimum absolute atomic E-state index is 0.0309. The Morgan fingerprint density at radius 1 is 1.25 bits per heavy atom. The molecule has 3 aromatic rings. The zero-order valence-electron chi connectivity index (χ0n) is 17.4. The van der Waals surface area contributed by atoms with Crippen LogP contribution < -0.4 is 9.47 Å². The van der Waals surface area contributed by atoms with Gasteiger partial charge < -0.3 is 14.2 Å². The minimum atomic E-state index is -0.384. The highest BCUT2D eigenvalue weighted by atomic mass is 79.9. The Morgan fingerprint density at radius 3 is 2.94 bits per heavy atom. The van der Waals surface area contributed by atoms with E-state index in [0.29, 0.717) is 30.1 Å². The van der Waals surface area contributed by atoms with Crippen LogP contribution in [0.1, 0.15) is 41.6 Å². The first kappa shape index (κ1) is 20.9. The van der Waals surface area contributed by atoms with Gasteiger partial charge in [-0.25, -0.2) is 9.37 Å². The Kier molecular flexibility index (Phi) is 5.59. The van der Waals surface area contributed by atoms with Crippen LogP contribution in [-0.2, 0) is 16.0 Å². The van der Waals surface area contributed by atoms with Crippen molar-refractivity contribution in [2.45, 2.75) is 31.3 Å². The lowest BCUT2D eigenvalue weighted by molar-refractivity contribution is -0.141. The van der Waals surface area contributed by atoms with Gasteiger partial charge in [0.05, 0.1) is 20.1 Å². The number of carbonyl (C=O) groups is 1. The van der Waals surface area contributed by atoms with Crippen LogP contribution in [0.4, 0.5) is 4.39 Å². The number of aromatic nitrogens is 1. The number of hydrogen-bond acceptors (Lipinski definition) is 5. The molecule has 0 saturated heterocycles. The molecule has 0 saturated carbocycles. The van der Waals surface area contributed by atoms with Crippen molar-refractivity contribution >= 4 is 21.9 Å². The molecule has 1 unspecified atom stereocenters. The Labute approximate surface area is 193 Å². The van der Waals surface area contributed by atoms with Crippen LogP contribution in [0.3, 0.4) is 0 Å². The third kappa shape index (κ3) is 3.75. The summed E-state index contributed by atoms with van der Waals surface area (Å²) < 4.78 is 32.4. The second-order valence-corrected chi connectivity index (χ2v) is 8.71. The molecule has 0 radical (unpaired) electrons. The molecule has 0 fully saturated rings. The molecule has 2 atom stereocenters. The number of ether oxygens (including phenoxy) is 3. The predicted octanol–water partition coefficient (Wildman–Crippen LogP) is 5.76. The number of pyridine rings is 1. The number of methoxy groups -OCH3 is 1. The standard InChI is InChI=1S/C25H21BrFNO4/c1-30-23(29)11-14-13-31-22-12-15(4-5-16(14)22)32-21-9-7-18-17(6-8-20(27)24(18)21)19-3-2-10-28-25(19)26/h2-6,8,10,12,14,21H,7,9,11,13H2,1H3/t14?,21-/m1/s1. The van der Waals surface area contributed by atoms with E-state index in [-0.39, 0.29) is 30.2 Å². The average molecular weight is 498 g/mol. The van der Waals surface area contributed by atoms with E-state index in [1.165, 1.54) is 13.2 Å². The first-order valence-corrected chi connectivity index (χ1v) is 11.3. The zero-order valence-corrected chi connectivity index (χ0v) is 19.0. The van der Waals surface area contributed by atoms with E-state index in [2.05, 4.69) is 20.9 Å².